The van der Waals surface area contributed by atoms with E-state index in [0.717, 1.165) is 23.1 Å². The van der Waals surface area contributed by atoms with Gasteiger partial charge in [0.25, 0.3) is 5.91 Å². The van der Waals surface area contributed by atoms with Crippen LogP contribution in [0, 0.1) is 6.92 Å². The molecular weight excluding hydrogens is 306 g/mol. The van der Waals surface area contributed by atoms with Gasteiger partial charge < -0.3 is 14.8 Å². The van der Waals surface area contributed by atoms with Crippen LogP contribution in [0.1, 0.15) is 21.7 Å². The van der Waals surface area contributed by atoms with Crippen molar-refractivity contribution in [1.82, 2.24) is 14.1 Å². The lowest BCUT2D eigenvalue weighted by molar-refractivity contribution is -0.139. The van der Waals surface area contributed by atoms with Crippen molar-refractivity contribution in [3.05, 3.63) is 41.2 Å². The summed E-state index contributed by atoms with van der Waals surface area (Å²) < 4.78 is 18.3. The Hall–Kier alpha value is -2.48. The van der Waals surface area contributed by atoms with Crippen molar-refractivity contribution in [2.24, 2.45) is 0 Å². The second-order valence-corrected chi connectivity index (χ2v) is 4.90. The molecule has 1 amide bonds. The number of esters is 1. The third-order valence-corrected chi connectivity index (χ3v) is 3.50. The predicted molar refractivity (Wildman–Crippen MR) is 79.8 cm³/mol. The van der Waals surface area contributed by atoms with Crippen LogP contribution in [0.2, 0.25) is 0 Å². The zero-order valence-electron chi connectivity index (χ0n) is 12.2. The molecule has 1 aromatic carbocycles. The van der Waals surface area contributed by atoms with Crippen LogP contribution >= 0.6 is 11.7 Å². The number of aromatic nitrogens is 2. The summed E-state index contributed by atoms with van der Waals surface area (Å²) in [5.41, 5.74) is 2.00. The van der Waals surface area contributed by atoms with E-state index in [1.807, 2.05) is 6.92 Å². The molecule has 1 heterocycles. The summed E-state index contributed by atoms with van der Waals surface area (Å²) in [4.78, 5) is 22.9. The van der Waals surface area contributed by atoms with Crippen molar-refractivity contribution in [1.29, 1.82) is 0 Å². The van der Waals surface area contributed by atoms with Crippen molar-refractivity contribution in [3.63, 3.8) is 0 Å². The van der Waals surface area contributed by atoms with Gasteiger partial charge in [0.2, 0.25) is 0 Å². The van der Waals surface area contributed by atoms with Crippen molar-refractivity contribution >= 4 is 23.6 Å². The van der Waals surface area contributed by atoms with Gasteiger partial charge in [0.05, 0.1) is 24.5 Å². The molecule has 0 unspecified atom stereocenters. The number of aryl methyl sites for hydroxylation is 1. The van der Waals surface area contributed by atoms with Crippen LogP contribution in [0.5, 0.6) is 5.75 Å². The Morgan fingerprint density at radius 2 is 2.14 bits per heavy atom. The Kier molecular flexibility index (Phi) is 5.42. The molecule has 0 atom stereocenters. The Labute approximate surface area is 131 Å². The molecule has 0 aliphatic heterocycles. The maximum Gasteiger partial charge on any atom is 0.325 e. The maximum atomic E-state index is 11.9. The van der Waals surface area contributed by atoms with E-state index in [4.69, 9.17) is 4.74 Å². The molecule has 1 aromatic heterocycles. The van der Waals surface area contributed by atoms with E-state index < -0.39 is 5.97 Å². The normalized spacial score (nSPS) is 10.1. The predicted octanol–water partition coefficient (Wildman–Crippen LogP) is 1.33. The first-order valence-electron chi connectivity index (χ1n) is 6.46. The quantitative estimate of drug-likeness (QED) is 0.807. The van der Waals surface area contributed by atoms with Gasteiger partial charge in [-0.3, -0.25) is 9.59 Å². The highest BCUT2D eigenvalue weighted by Crippen LogP contribution is 2.16. The molecule has 116 valence electrons. The van der Waals surface area contributed by atoms with E-state index in [0.29, 0.717) is 11.3 Å². The minimum atomic E-state index is -0.507. The monoisotopic (exact) mass is 321 g/mol. The van der Waals surface area contributed by atoms with Gasteiger partial charge in [-0.25, -0.2) is 0 Å². The van der Waals surface area contributed by atoms with Crippen LogP contribution in [0.3, 0.4) is 0 Å². The van der Waals surface area contributed by atoms with Crippen molar-refractivity contribution in [2.45, 2.75) is 13.5 Å². The fourth-order valence-electron chi connectivity index (χ4n) is 1.59. The topological polar surface area (TPSA) is 90.4 Å². The number of nitrogens with zero attached hydrogens (tertiary/aromatic N) is 2. The van der Waals surface area contributed by atoms with Gasteiger partial charge in [-0.2, -0.15) is 8.75 Å². The fourth-order valence-corrected chi connectivity index (χ4v) is 2.14. The largest absolute Gasteiger partial charge is 0.487 e. The zero-order chi connectivity index (χ0) is 15.9. The molecule has 0 fully saturated rings. The minimum absolute atomic E-state index is 0.176. The van der Waals surface area contributed by atoms with E-state index >= 15 is 0 Å². The number of methoxy groups -OCH3 is 1. The van der Waals surface area contributed by atoms with Crippen LogP contribution < -0.4 is 10.1 Å². The van der Waals surface area contributed by atoms with Crippen LogP contribution in [-0.2, 0) is 16.1 Å². The van der Waals surface area contributed by atoms with Gasteiger partial charge in [0.1, 0.15) is 24.6 Å². The van der Waals surface area contributed by atoms with E-state index in [2.05, 4.69) is 18.8 Å². The molecule has 0 saturated carbocycles. The number of hydrogen-bond donors (Lipinski definition) is 1. The molecule has 0 aliphatic carbocycles. The Bertz CT molecular complexity index is 672. The molecule has 1 N–H and O–H groups in total. The van der Waals surface area contributed by atoms with E-state index in [9.17, 15) is 9.59 Å². The molecule has 2 rings (SSSR count). The summed E-state index contributed by atoms with van der Waals surface area (Å²) >= 11 is 1.13. The number of rotatable bonds is 6. The first kappa shape index (κ1) is 15.9. The van der Waals surface area contributed by atoms with Gasteiger partial charge in [-0.15, -0.1) is 0 Å². The molecule has 8 heteroatoms. The number of nitrogens with one attached hydrogen (secondary N) is 1. The standard InChI is InChI=1S/C14H15N3O4S/c1-9-12(17-22-16-9)8-21-11-5-3-4-10(6-11)14(19)15-7-13(18)20-2/h3-6H,7-8H2,1-2H3,(H,15,19). The van der Waals surface area contributed by atoms with Gasteiger partial charge in [-0.1, -0.05) is 6.07 Å². The van der Waals surface area contributed by atoms with Crippen molar-refractivity contribution in [2.75, 3.05) is 13.7 Å². The maximum absolute atomic E-state index is 11.9. The molecule has 0 aliphatic rings. The average molecular weight is 321 g/mol. The van der Waals surface area contributed by atoms with Crippen LogP contribution in [0.4, 0.5) is 0 Å². The Morgan fingerprint density at radius 1 is 1.32 bits per heavy atom. The summed E-state index contributed by atoms with van der Waals surface area (Å²) in [6, 6.07) is 6.68. The Morgan fingerprint density at radius 3 is 2.82 bits per heavy atom. The smallest absolute Gasteiger partial charge is 0.325 e. The number of benzene rings is 1. The third kappa shape index (κ3) is 4.26. The average Bonchev–Trinajstić information content (AvgIpc) is 2.95. The summed E-state index contributed by atoms with van der Waals surface area (Å²) in [5, 5.41) is 2.47. The van der Waals surface area contributed by atoms with Gasteiger partial charge in [0, 0.05) is 5.56 Å². The number of amides is 1. The van der Waals surface area contributed by atoms with Crippen molar-refractivity contribution in [3.8, 4) is 5.75 Å². The highest BCUT2D eigenvalue weighted by molar-refractivity contribution is 6.99. The second kappa shape index (κ2) is 7.51. The highest BCUT2D eigenvalue weighted by atomic mass is 32.1. The summed E-state index contributed by atoms with van der Waals surface area (Å²) in [6.45, 7) is 1.97. The molecule has 0 radical (unpaired) electrons. The number of carbonyl (C=O) groups excluding carboxylic acids is 2. The van der Waals surface area contributed by atoms with Gasteiger partial charge in [0.15, 0.2) is 0 Å². The van der Waals surface area contributed by atoms with Crippen LogP contribution in [-0.4, -0.2) is 34.3 Å². The molecular formula is C14H15N3O4S. The van der Waals surface area contributed by atoms with Crippen molar-refractivity contribution < 1.29 is 19.1 Å². The number of carbonyl (C=O) groups is 2. The molecule has 2 aromatic rings. The van der Waals surface area contributed by atoms with E-state index in [1.54, 1.807) is 24.3 Å². The van der Waals surface area contributed by atoms with Crippen LogP contribution in [0.25, 0.3) is 0 Å². The molecule has 0 spiro atoms. The number of hydrogen-bond acceptors (Lipinski definition) is 7. The first-order chi connectivity index (χ1) is 10.6. The number of ether oxygens (including phenoxy) is 2. The summed E-state index contributed by atoms with van der Waals surface area (Å²) in [5.74, 6) is -0.340. The third-order valence-electron chi connectivity index (χ3n) is 2.84. The van der Waals surface area contributed by atoms with Crippen LogP contribution in [0.15, 0.2) is 24.3 Å². The first-order valence-corrected chi connectivity index (χ1v) is 7.19. The minimum Gasteiger partial charge on any atom is -0.487 e. The second-order valence-electron chi connectivity index (χ2n) is 4.37. The zero-order valence-corrected chi connectivity index (χ0v) is 13.0. The molecule has 0 saturated heterocycles. The van der Waals surface area contributed by atoms with E-state index in [1.165, 1.54) is 7.11 Å². The molecule has 0 bridgehead atoms. The molecule has 22 heavy (non-hydrogen) atoms. The lowest BCUT2D eigenvalue weighted by Gasteiger charge is -2.07. The van der Waals surface area contributed by atoms with Gasteiger partial charge >= 0.3 is 5.97 Å². The summed E-state index contributed by atoms with van der Waals surface area (Å²) in [7, 11) is 1.26. The fraction of sp³-hybridized carbons (Fsp3) is 0.286. The van der Waals surface area contributed by atoms with Gasteiger partial charge in [-0.05, 0) is 25.1 Å². The molecule has 7 nitrogen and oxygen atoms in total. The highest BCUT2D eigenvalue weighted by Gasteiger charge is 2.10. The lowest BCUT2D eigenvalue weighted by atomic mass is 10.2. The summed E-state index contributed by atoms with van der Waals surface area (Å²) in [6.07, 6.45) is 0. The van der Waals surface area contributed by atoms with E-state index in [-0.39, 0.29) is 19.1 Å². The SMILES string of the molecule is COC(=O)CNC(=O)c1cccc(OCc2nsnc2C)c1. The lowest BCUT2D eigenvalue weighted by Crippen LogP contribution is -2.30. The Balaban J connectivity index is 1.96.